The summed E-state index contributed by atoms with van der Waals surface area (Å²) in [6, 6.07) is 3.65. The molecule has 0 heterocycles. The Balaban J connectivity index is 3.38. The number of hydrogen-bond donors (Lipinski definition) is 0. The quantitative estimate of drug-likeness (QED) is 0.288. The van der Waals surface area contributed by atoms with Gasteiger partial charge in [-0.2, -0.15) is 0 Å². The molecule has 0 unspecified atom stereocenters. The highest BCUT2D eigenvalue weighted by Crippen LogP contribution is 2.31. The maximum absolute atomic E-state index is 14.4. The molecule has 0 saturated carbocycles. The summed E-state index contributed by atoms with van der Waals surface area (Å²) in [6.45, 7) is 2.13. The molecule has 1 rings (SSSR count). The molecule has 0 bridgehead atoms. The van der Waals surface area contributed by atoms with Crippen LogP contribution in [0.25, 0.3) is 0 Å². The number of nitro groups is 1. The molecule has 0 saturated heterocycles. The van der Waals surface area contributed by atoms with Crippen LogP contribution in [0.4, 0.5) is 4.39 Å². The zero-order valence-corrected chi connectivity index (χ0v) is 14.2. The maximum atomic E-state index is 14.4. The SMILES string of the molecule is CCOC(=O)C(C(=O)OCC)[C@@H](C[N+](=O)[O-])c1ccc(OC)cc1F. The largest absolute Gasteiger partial charge is 0.497 e. The Morgan fingerprint density at radius 3 is 2.16 bits per heavy atom. The molecule has 0 fully saturated rings. The third kappa shape index (κ3) is 5.40. The Bertz CT molecular complexity index is 617. The summed E-state index contributed by atoms with van der Waals surface area (Å²) in [5.74, 6) is -5.65. The van der Waals surface area contributed by atoms with E-state index in [1.54, 1.807) is 0 Å². The molecule has 0 amide bonds. The number of halogens is 1. The second-order valence-corrected chi connectivity index (χ2v) is 4.99. The molecule has 1 aromatic carbocycles. The third-order valence-corrected chi connectivity index (χ3v) is 3.44. The Hall–Kier alpha value is -2.71. The minimum atomic E-state index is -1.65. The molecule has 1 aromatic rings. The second-order valence-electron chi connectivity index (χ2n) is 4.99. The lowest BCUT2D eigenvalue weighted by molar-refractivity contribution is -0.484. The van der Waals surface area contributed by atoms with Gasteiger partial charge in [0.2, 0.25) is 6.54 Å². The molecule has 0 aromatic heterocycles. The van der Waals surface area contributed by atoms with Crippen molar-refractivity contribution < 1.29 is 33.1 Å². The topological polar surface area (TPSA) is 105 Å². The van der Waals surface area contributed by atoms with Gasteiger partial charge >= 0.3 is 11.9 Å². The first-order valence-corrected chi connectivity index (χ1v) is 7.64. The molecule has 0 aliphatic heterocycles. The van der Waals surface area contributed by atoms with Gasteiger partial charge in [0.05, 0.1) is 26.2 Å². The second kappa shape index (κ2) is 9.55. The lowest BCUT2D eigenvalue weighted by atomic mass is 9.85. The highest BCUT2D eigenvalue weighted by atomic mass is 19.1. The lowest BCUT2D eigenvalue weighted by Crippen LogP contribution is -2.36. The van der Waals surface area contributed by atoms with Crippen LogP contribution in [0.5, 0.6) is 5.75 Å². The number of esters is 2. The van der Waals surface area contributed by atoms with E-state index in [1.807, 2.05) is 0 Å². The van der Waals surface area contributed by atoms with Crippen molar-refractivity contribution in [3.8, 4) is 5.75 Å². The first kappa shape index (κ1) is 20.3. The smallest absolute Gasteiger partial charge is 0.321 e. The van der Waals surface area contributed by atoms with Crippen molar-refractivity contribution in [1.82, 2.24) is 0 Å². The number of hydrogen-bond acceptors (Lipinski definition) is 7. The van der Waals surface area contributed by atoms with Crippen molar-refractivity contribution in [2.24, 2.45) is 5.92 Å². The number of benzene rings is 1. The monoisotopic (exact) mass is 357 g/mol. The van der Waals surface area contributed by atoms with E-state index in [1.165, 1.54) is 33.1 Å². The summed E-state index contributed by atoms with van der Waals surface area (Å²) in [5, 5.41) is 11.0. The van der Waals surface area contributed by atoms with Gasteiger partial charge in [0.25, 0.3) is 0 Å². The summed E-state index contributed by atoms with van der Waals surface area (Å²) in [6.07, 6.45) is 0. The lowest BCUT2D eigenvalue weighted by Gasteiger charge is -2.22. The van der Waals surface area contributed by atoms with Crippen LogP contribution in [-0.2, 0) is 19.1 Å². The van der Waals surface area contributed by atoms with Crippen molar-refractivity contribution >= 4 is 11.9 Å². The highest BCUT2D eigenvalue weighted by Gasteiger charge is 2.42. The van der Waals surface area contributed by atoms with Gasteiger partial charge in [0.1, 0.15) is 11.6 Å². The minimum Gasteiger partial charge on any atom is -0.497 e. The zero-order valence-electron chi connectivity index (χ0n) is 14.2. The predicted octanol–water partition coefficient (Wildman–Crippen LogP) is 1.94. The summed E-state index contributed by atoms with van der Waals surface area (Å²) < 4.78 is 28.9. The predicted molar refractivity (Wildman–Crippen MR) is 84.3 cm³/mol. The molecule has 0 aliphatic carbocycles. The van der Waals surface area contributed by atoms with Crippen LogP contribution in [0, 0.1) is 21.8 Å². The van der Waals surface area contributed by atoms with E-state index in [0.717, 1.165) is 6.07 Å². The summed E-state index contributed by atoms with van der Waals surface area (Å²) in [7, 11) is 1.34. The van der Waals surface area contributed by atoms with Crippen molar-refractivity contribution in [3.05, 3.63) is 39.7 Å². The van der Waals surface area contributed by atoms with E-state index in [2.05, 4.69) is 0 Å². The Morgan fingerprint density at radius 2 is 1.76 bits per heavy atom. The van der Waals surface area contributed by atoms with E-state index >= 15 is 0 Å². The van der Waals surface area contributed by atoms with Gasteiger partial charge in [0, 0.05) is 11.0 Å². The van der Waals surface area contributed by atoms with Crippen molar-refractivity contribution in [1.29, 1.82) is 0 Å². The highest BCUT2D eigenvalue weighted by molar-refractivity contribution is 5.96. The molecule has 0 aliphatic rings. The average Bonchev–Trinajstić information content (AvgIpc) is 2.54. The fourth-order valence-corrected chi connectivity index (χ4v) is 2.37. The van der Waals surface area contributed by atoms with Gasteiger partial charge in [-0.3, -0.25) is 19.7 Å². The number of methoxy groups -OCH3 is 1. The normalized spacial score (nSPS) is 11.7. The number of nitrogens with zero attached hydrogens (tertiary/aromatic N) is 1. The van der Waals surface area contributed by atoms with Gasteiger partial charge < -0.3 is 14.2 Å². The van der Waals surface area contributed by atoms with Gasteiger partial charge in [-0.15, -0.1) is 0 Å². The molecule has 1 atom stereocenters. The maximum Gasteiger partial charge on any atom is 0.321 e. The van der Waals surface area contributed by atoms with E-state index in [4.69, 9.17) is 14.2 Å². The number of ether oxygens (including phenoxy) is 3. The molecule has 25 heavy (non-hydrogen) atoms. The summed E-state index contributed by atoms with van der Waals surface area (Å²) >= 11 is 0. The van der Waals surface area contributed by atoms with Crippen LogP contribution in [-0.4, -0.2) is 43.7 Å². The van der Waals surface area contributed by atoms with E-state index in [9.17, 15) is 24.1 Å². The minimum absolute atomic E-state index is 0.0367. The van der Waals surface area contributed by atoms with E-state index < -0.39 is 41.1 Å². The third-order valence-electron chi connectivity index (χ3n) is 3.44. The first-order valence-electron chi connectivity index (χ1n) is 7.64. The Morgan fingerprint density at radius 1 is 1.20 bits per heavy atom. The summed E-state index contributed by atoms with van der Waals surface area (Å²) in [4.78, 5) is 34.7. The van der Waals surface area contributed by atoms with E-state index in [0.29, 0.717) is 0 Å². The standard InChI is InChI=1S/C16H20FNO7/c1-4-24-15(19)14(16(20)25-5-2)12(9-18(21)22)11-7-6-10(23-3)8-13(11)17/h6-8,12,14H,4-5,9H2,1-3H3/t12-/m0/s1. The molecule has 138 valence electrons. The van der Waals surface area contributed by atoms with Crippen LogP contribution in [0.1, 0.15) is 25.3 Å². The molecule has 0 N–H and O–H groups in total. The zero-order chi connectivity index (χ0) is 19.0. The molecule has 0 radical (unpaired) electrons. The first-order chi connectivity index (χ1) is 11.8. The molecule has 9 heteroatoms. The average molecular weight is 357 g/mol. The van der Waals surface area contributed by atoms with Crippen LogP contribution >= 0.6 is 0 Å². The Labute approximate surface area is 144 Å². The van der Waals surface area contributed by atoms with Crippen LogP contribution in [0.15, 0.2) is 18.2 Å². The van der Waals surface area contributed by atoms with Gasteiger partial charge in [0.15, 0.2) is 5.92 Å². The van der Waals surface area contributed by atoms with Crippen molar-refractivity contribution in [2.45, 2.75) is 19.8 Å². The van der Waals surface area contributed by atoms with Gasteiger partial charge in [-0.25, -0.2) is 4.39 Å². The van der Waals surface area contributed by atoms with Gasteiger partial charge in [-0.1, -0.05) is 6.07 Å². The van der Waals surface area contributed by atoms with Crippen molar-refractivity contribution in [2.75, 3.05) is 26.9 Å². The molecule has 8 nitrogen and oxygen atoms in total. The van der Waals surface area contributed by atoms with Crippen molar-refractivity contribution in [3.63, 3.8) is 0 Å². The molecular formula is C16H20FNO7. The van der Waals surface area contributed by atoms with Crippen LogP contribution < -0.4 is 4.74 Å². The number of carbonyl (C=O) groups excluding carboxylic acids is 2. The molecule has 0 spiro atoms. The number of rotatable bonds is 9. The molecular weight excluding hydrogens is 337 g/mol. The van der Waals surface area contributed by atoms with E-state index in [-0.39, 0.29) is 24.5 Å². The number of carbonyl (C=O) groups is 2. The Kier molecular flexibility index (Phi) is 7.77. The fraction of sp³-hybridized carbons (Fsp3) is 0.500. The fourth-order valence-electron chi connectivity index (χ4n) is 2.37. The van der Waals surface area contributed by atoms with Crippen LogP contribution in [0.3, 0.4) is 0 Å². The van der Waals surface area contributed by atoms with Crippen LogP contribution in [0.2, 0.25) is 0 Å². The van der Waals surface area contributed by atoms with Gasteiger partial charge in [-0.05, 0) is 25.5 Å². The summed E-state index contributed by atoms with van der Waals surface area (Å²) in [5.41, 5.74) is -0.163.